The molecule has 0 aromatic heterocycles. The highest BCUT2D eigenvalue weighted by Gasteiger charge is 2.13. The quantitative estimate of drug-likeness (QED) is 0.599. The molecule has 0 amide bonds. The van der Waals surface area contributed by atoms with Crippen molar-refractivity contribution in [3.8, 4) is 0 Å². The van der Waals surface area contributed by atoms with Crippen LogP contribution in [0.4, 0.5) is 0 Å². The van der Waals surface area contributed by atoms with Gasteiger partial charge in [-0.3, -0.25) is 4.79 Å². The first-order valence-electron chi connectivity index (χ1n) is 3.59. The Balaban J connectivity index is 3.61. The Morgan fingerprint density at radius 2 is 2.30 bits per heavy atom. The van der Waals surface area contributed by atoms with E-state index in [9.17, 15) is 4.79 Å². The van der Waals surface area contributed by atoms with Crippen LogP contribution in [0.25, 0.3) is 0 Å². The first kappa shape index (κ1) is 9.43. The molecule has 0 saturated carbocycles. The summed E-state index contributed by atoms with van der Waals surface area (Å²) < 4.78 is 0. The van der Waals surface area contributed by atoms with E-state index in [-0.39, 0.29) is 5.92 Å². The van der Waals surface area contributed by atoms with Gasteiger partial charge in [-0.1, -0.05) is 13.3 Å². The van der Waals surface area contributed by atoms with Crippen molar-refractivity contribution in [3.63, 3.8) is 0 Å². The Hall–Kier alpha value is -0.570. The summed E-state index contributed by atoms with van der Waals surface area (Å²) in [6, 6.07) is 0. The molecule has 0 rings (SSSR count). The van der Waals surface area contributed by atoms with E-state index < -0.39 is 5.97 Å². The van der Waals surface area contributed by atoms with Crippen LogP contribution in [0.15, 0.2) is 0 Å². The van der Waals surface area contributed by atoms with Gasteiger partial charge in [0, 0.05) is 6.54 Å². The zero-order chi connectivity index (χ0) is 7.98. The number of hydrogen-bond donors (Lipinski definition) is 2. The minimum atomic E-state index is -0.698. The molecule has 3 nitrogen and oxygen atoms in total. The predicted molar refractivity (Wildman–Crippen MR) is 40.0 cm³/mol. The third kappa shape index (κ3) is 3.45. The van der Waals surface area contributed by atoms with Crippen LogP contribution in [0.3, 0.4) is 0 Å². The lowest BCUT2D eigenvalue weighted by Gasteiger charge is -2.08. The molecular formula is C7H15NO2. The van der Waals surface area contributed by atoms with Gasteiger partial charge in [-0.2, -0.15) is 0 Å². The molecule has 0 aromatic carbocycles. The number of hydrogen-bond acceptors (Lipinski definition) is 2. The van der Waals surface area contributed by atoms with Crippen molar-refractivity contribution in [2.24, 2.45) is 5.92 Å². The van der Waals surface area contributed by atoms with Crippen LogP contribution in [0.1, 0.15) is 19.8 Å². The van der Waals surface area contributed by atoms with E-state index >= 15 is 0 Å². The minimum Gasteiger partial charge on any atom is -0.481 e. The molecule has 0 fully saturated rings. The first-order valence-corrected chi connectivity index (χ1v) is 3.59. The molecule has 0 saturated heterocycles. The van der Waals surface area contributed by atoms with Crippen molar-refractivity contribution < 1.29 is 9.90 Å². The average molecular weight is 145 g/mol. The normalized spacial score (nSPS) is 13.0. The van der Waals surface area contributed by atoms with Gasteiger partial charge in [-0.15, -0.1) is 0 Å². The number of nitrogens with one attached hydrogen (secondary N) is 1. The molecule has 0 aliphatic carbocycles. The molecule has 0 spiro atoms. The Morgan fingerprint density at radius 3 is 2.60 bits per heavy atom. The molecule has 0 bridgehead atoms. The van der Waals surface area contributed by atoms with Gasteiger partial charge in [0.05, 0.1) is 5.92 Å². The highest BCUT2D eigenvalue weighted by atomic mass is 16.4. The molecule has 0 heterocycles. The fraction of sp³-hybridized carbons (Fsp3) is 0.857. The van der Waals surface area contributed by atoms with Crippen LogP contribution >= 0.6 is 0 Å². The lowest BCUT2D eigenvalue weighted by Crippen LogP contribution is -2.25. The zero-order valence-electron chi connectivity index (χ0n) is 6.55. The number of carbonyl (C=O) groups is 1. The van der Waals surface area contributed by atoms with Crippen LogP contribution in [-0.4, -0.2) is 24.7 Å². The van der Waals surface area contributed by atoms with Gasteiger partial charge in [-0.25, -0.2) is 0 Å². The summed E-state index contributed by atoms with van der Waals surface area (Å²) in [5.74, 6) is -0.911. The maximum atomic E-state index is 10.4. The van der Waals surface area contributed by atoms with Gasteiger partial charge in [0.15, 0.2) is 0 Å². The van der Waals surface area contributed by atoms with Gasteiger partial charge in [0.25, 0.3) is 0 Å². The molecule has 0 aliphatic rings. The fourth-order valence-electron chi connectivity index (χ4n) is 0.908. The Kier molecular flexibility index (Phi) is 4.94. The highest BCUT2D eigenvalue weighted by molar-refractivity contribution is 5.70. The van der Waals surface area contributed by atoms with E-state index in [2.05, 4.69) is 5.32 Å². The van der Waals surface area contributed by atoms with Gasteiger partial charge >= 0.3 is 5.97 Å². The fourth-order valence-corrected chi connectivity index (χ4v) is 0.908. The summed E-state index contributed by atoms with van der Waals surface area (Å²) in [7, 11) is 1.77. The van der Waals surface area contributed by atoms with E-state index in [1.165, 1.54) is 0 Å². The summed E-state index contributed by atoms with van der Waals surface area (Å²) in [6.07, 6.45) is 1.69. The van der Waals surface area contributed by atoms with Gasteiger partial charge in [0.2, 0.25) is 0 Å². The molecule has 3 heteroatoms. The highest BCUT2D eigenvalue weighted by Crippen LogP contribution is 2.04. The lowest BCUT2D eigenvalue weighted by molar-refractivity contribution is -0.141. The molecule has 0 aromatic rings. The van der Waals surface area contributed by atoms with Crippen LogP contribution in [0, 0.1) is 5.92 Å². The van der Waals surface area contributed by atoms with Crippen molar-refractivity contribution >= 4 is 5.97 Å². The molecule has 0 aliphatic heterocycles. The Morgan fingerprint density at radius 1 is 1.70 bits per heavy atom. The number of rotatable bonds is 5. The summed E-state index contributed by atoms with van der Waals surface area (Å²) >= 11 is 0. The second-order valence-corrected chi connectivity index (χ2v) is 2.38. The summed E-state index contributed by atoms with van der Waals surface area (Å²) in [5, 5.41) is 11.4. The third-order valence-corrected chi connectivity index (χ3v) is 1.44. The second-order valence-electron chi connectivity index (χ2n) is 2.38. The summed E-state index contributed by atoms with van der Waals surface area (Å²) in [5.41, 5.74) is 0. The van der Waals surface area contributed by atoms with Gasteiger partial charge < -0.3 is 10.4 Å². The topological polar surface area (TPSA) is 49.3 Å². The van der Waals surface area contributed by atoms with E-state index in [1.807, 2.05) is 6.92 Å². The smallest absolute Gasteiger partial charge is 0.307 e. The molecule has 10 heavy (non-hydrogen) atoms. The number of carboxylic acids is 1. The SMILES string of the molecule is CCC[C@H](CNC)C(=O)O. The van der Waals surface area contributed by atoms with Crippen LogP contribution in [0.5, 0.6) is 0 Å². The van der Waals surface area contributed by atoms with E-state index in [4.69, 9.17) is 5.11 Å². The van der Waals surface area contributed by atoms with Crippen molar-refractivity contribution in [1.82, 2.24) is 5.32 Å². The van der Waals surface area contributed by atoms with E-state index in [0.717, 1.165) is 12.8 Å². The molecule has 0 radical (unpaired) electrons. The lowest BCUT2D eigenvalue weighted by atomic mass is 10.0. The Labute approximate surface area is 61.4 Å². The van der Waals surface area contributed by atoms with Gasteiger partial charge in [-0.05, 0) is 13.5 Å². The minimum absolute atomic E-state index is 0.213. The van der Waals surface area contributed by atoms with Crippen LogP contribution < -0.4 is 5.32 Å². The summed E-state index contributed by atoms with van der Waals surface area (Å²) in [4.78, 5) is 10.4. The van der Waals surface area contributed by atoms with E-state index in [0.29, 0.717) is 6.54 Å². The maximum absolute atomic E-state index is 10.4. The van der Waals surface area contributed by atoms with Crippen molar-refractivity contribution in [2.45, 2.75) is 19.8 Å². The van der Waals surface area contributed by atoms with Crippen molar-refractivity contribution in [2.75, 3.05) is 13.6 Å². The molecule has 60 valence electrons. The van der Waals surface area contributed by atoms with E-state index in [1.54, 1.807) is 7.05 Å². The predicted octanol–water partition coefficient (Wildman–Crippen LogP) is 0.707. The largest absolute Gasteiger partial charge is 0.481 e. The monoisotopic (exact) mass is 145 g/mol. The third-order valence-electron chi connectivity index (χ3n) is 1.44. The average Bonchev–Trinajstić information content (AvgIpc) is 1.87. The number of aliphatic carboxylic acids is 1. The molecule has 0 unspecified atom stereocenters. The number of carboxylic acid groups (broad SMARTS) is 1. The van der Waals surface area contributed by atoms with Crippen molar-refractivity contribution in [3.05, 3.63) is 0 Å². The van der Waals surface area contributed by atoms with Crippen LogP contribution in [0.2, 0.25) is 0 Å². The molecule has 2 N–H and O–H groups in total. The zero-order valence-corrected chi connectivity index (χ0v) is 6.55. The second kappa shape index (κ2) is 5.23. The van der Waals surface area contributed by atoms with Gasteiger partial charge in [0.1, 0.15) is 0 Å². The molecule has 1 atom stereocenters. The maximum Gasteiger partial charge on any atom is 0.307 e. The molecular weight excluding hydrogens is 130 g/mol. The first-order chi connectivity index (χ1) is 4.72. The summed E-state index contributed by atoms with van der Waals surface area (Å²) in [6.45, 7) is 2.56. The van der Waals surface area contributed by atoms with Crippen molar-refractivity contribution in [1.29, 1.82) is 0 Å². The Bertz CT molecular complexity index is 97.8. The van der Waals surface area contributed by atoms with Crippen LogP contribution in [-0.2, 0) is 4.79 Å². The standard InChI is InChI=1S/C7H15NO2/c1-3-4-6(5-8-2)7(9)10/h6,8H,3-5H2,1-2H3,(H,9,10)/t6-/m1/s1.